The molecule has 0 saturated heterocycles. The van der Waals surface area contributed by atoms with E-state index in [1.807, 2.05) is 0 Å². The Bertz CT molecular complexity index is 735. The van der Waals surface area contributed by atoms with Crippen molar-refractivity contribution < 1.29 is 20.1 Å². The molecule has 0 heterocycles. The molecular formula is C13H6Br4O4. The molecule has 0 aliphatic heterocycles. The van der Waals surface area contributed by atoms with Gasteiger partial charge in [-0.2, -0.15) is 0 Å². The normalized spacial score (nSPS) is 10.7. The van der Waals surface area contributed by atoms with E-state index in [9.17, 15) is 20.1 Å². The van der Waals surface area contributed by atoms with Gasteiger partial charge in [0, 0.05) is 15.6 Å². The molecule has 0 unspecified atom stereocenters. The molecule has 2 rings (SSSR count). The third-order valence-electron chi connectivity index (χ3n) is 2.68. The Balaban J connectivity index is 2.61. The summed E-state index contributed by atoms with van der Waals surface area (Å²) in [7, 11) is 0. The number of hydrogen-bond donors (Lipinski definition) is 3. The molecule has 3 N–H and O–H groups in total. The van der Waals surface area contributed by atoms with Gasteiger partial charge in [-0.05, 0) is 81.9 Å². The molecular weight excluding hydrogens is 540 g/mol. The van der Waals surface area contributed by atoms with E-state index in [4.69, 9.17) is 0 Å². The van der Waals surface area contributed by atoms with Crippen LogP contribution in [0.4, 0.5) is 0 Å². The lowest BCUT2D eigenvalue weighted by Gasteiger charge is -2.10. The molecule has 21 heavy (non-hydrogen) atoms. The zero-order valence-corrected chi connectivity index (χ0v) is 16.3. The van der Waals surface area contributed by atoms with Gasteiger partial charge in [-0.15, -0.1) is 0 Å². The Morgan fingerprint density at radius 2 is 1.38 bits per heavy atom. The minimum Gasteiger partial charge on any atom is -0.506 e. The summed E-state index contributed by atoms with van der Waals surface area (Å²) in [6.45, 7) is 0. The highest BCUT2D eigenvalue weighted by Gasteiger charge is 2.21. The van der Waals surface area contributed by atoms with Crippen molar-refractivity contribution in [3.8, 4) is 17.2 Å². The Morgan fingerprint density at radius 1 is 0.810 bits per heavy atom. The number of halogens is 4. The van der Waals surface area contributed by atoms with E-state index < -0.39 is 5.75 Å². The van der Waals surface area contributed by atoms with Crippen molar-refractivity contribution in [2.24, 2.45) is 0 Å². The topological polar surface area (TPSA) is 77.8 Å². The van der Waals surface area contributed by atoms with Gasteiger partial charge in [0.05, 0.1) is 13.4 Å². The maximum atomic E-state index is 12.5. The van der Waals surface area contributed by atoms with Crippen molar-refractivity contribution in [3.63, 3.8) is 0 Å². The second-order valence-electron chi connectivity index (χ2n) is 4.04. The number of ketones is 1. The Hall–Kier alpha value is -0.570. The molecule has 2 aromatic carbocycles. The molecule has 0 spiro atoms. The predicted octanol–water partition coefficient (Wildman–Crippen LogP) is 5.08. The van der Waals surface area contributed by atoms with E-state index in [1.54, 1.807) is 0 Å². The summed E-state index contributed by atoms with van der Waals surface area (Å²) >= 11 is 12.7. The van der Waals surface area contributed by atoms with Gasteiger partial charge in [-0.3, -0.25) is 4.79 Å². The monoisotopic (exact) mass is 542 g/mol. The van der Waals surface area contributed by atoms with E-state index in [0.29, 0.717) is 13.4 Å². The van der Waals surface area contributed by atoms with Crippen LogP contribution in [0.15, 0.2) is 36.1 Å². The molecule has 2 aromatic rings. The van der Waals surface area contributed by atoms with E-state index >= 15 is 0 Å². The summed E-state index contributed by atoms with van der Waals surface area (Å²) < 4.78 is 1.28. The Kier molecular flexibility index (Phi) is 5.02. The fraction of sp³-hybridized carbons (Fsp3) is 0. The predicted molar refractivity (Wildman–Crippen MR) is 92.1 cm³/mol. The number of hydrogen-bond acceptors (Lipinski definition) is 4. The van der Waals surface area contributed by atoms with Crippen molar-refractivity contribution in [2.45, 2.75) is 0 Å². The van der Waals surface area contributed by atoms with Gasteiger partial charge in [0.2, 0.25) is 0 Å². The third kappa shape index (κ3) is 3.13. The van der Waals surface area contributed by atoms with Gasteiger partial charge >= 0.3 is 0 Å². The van der Waals surface area contributed by atoms with Crippen LogP contribution < -0.4 is 0 Å². The Morgan fingerprint density at radius 3 is 1.95 bits per heavy atom. The lowest BCUT2D eigenvalue weighted by atomic mass is 10.0. The molecule has 0 saturated carbocycles. The number of aromatic hydroxyl groups is 3. The maximum absolute atomic E-state index is 12.5. The number of phenols is 3. The van der Waals surface area contributed by atoms with Crippen LogP contribution in [0, 0.1) is 0 Å². The van der Waals surface area contributed by atoms with Crippen molar-refractivity contribution in [2.75, 3.05) is 0 Å². The van der Waals surface area contributed by atoms with Gasteiger partial charge < -0.3 is 15.3 Å². The summed E-state index contributed by atoms with van der Waals surface area (Å²) in [5.41, 5.74) is 0.464. The number of rotatable bonds is 2. The standard InChI is InChI=1S/C13H6Br4O4/c14-6-1-4(2-8(18)12(6)20)11(19)5-3-7(15)13(21)10(17)9(5)16/h1-3,18,20-21H. The largest absolute Gasteiger partial charge is 0.506 e. The van der Waals surface area contributed by atoms with Crippen LogP contribution in [0.25, 0.3) is 0 Å². The molecule has 8 heteroatoms. The summed E-state index contributed by atoms with van der Waals surface area (Å²) in [6, 6.07) is 4.03. The number of carbonyl (C=O) groups is 1. The minimum absolute atomic E-state index is 0.0341. The molecule has 4 nitrogen and oxygen atoms in total. The number of carbonyl (C=O) groups excluding carboxylic acids is 1. The molecule has 0 aromatic heterocycles. The highest BCUT2D eigenvalue weighted by Crippen LogP contribution is 2.41. The summed E-state index contributed by atoms with van der Waals surface area (Å²) in [5, 5.41) is 28.9. The van der Waals surface area contributed by atoms with E-state index in [-0.39, 0.29) is 32.9 Å². The maximum Gasteiger partial charge on any atom is 0.194 e. The number of phenolic OH excluding ortho intramolecular Hbond substituents is 3. The molecule has 0 amide bonds. The molecule has 0 bridgehead atoms. The van der Waals surface area contributed by atoms with Crippen LogP contribution in [-0.2, 0) is 0 Å². The smallest absolute Gasteiger partial charge is 0.194 e. The van der Waals surface area contributed by atoms with Gasteiger partial charge in [0.25, 0.3) is 0 Å². The molecule has 0 atom stereocenters. The lowest BCUT2D eigenvalue weighted by Crippen LogP contribution is -2.03. The highest BCUT2D eigenvalue weighted by atomic mass is 79.9. The van der Waals surface area contributed by atoms with Gasteiger partial charge in [-0.1, -0.05) is 0 Å². The SMILES string of the molecule is O=C(c1cc(O)c(O)c(Br)c1)c1cc(Br)c(O)c(Br)c1Br. The first-order chi connectivity index (χ1) is 9.73. The fourth-order valence-electron chi connectivity index (χ4n) is 1.62. The zero-order chi connectivity index (χ0) is 15.9. The first-order valence-corrected chi connectivity index (χ1v) is 8.53. The van der Waals surface area contributed by atoms with Crippen LogP contribution >= 0.6 is 63.7 Å². The van der Waals surface area contributed by atoms with Crippen LogP contribution in [-0.4, -0.2) is 21.1 Å². The number of benzene rings is 2. The van der Waals surface area contributed by atoms with E-state index in [1.165, 1.54) is 18.2 Å². The molecule has 0 aliphatic carbocycles. The summed E-state index contributed by atoms with van der Waals surface area (Å²) in [4.78, 5) is 12.5. The molecule has 0 radical (unpaired) electrons. The lowest BCUT2D eigenvalue weighted by molar-refractivity contribution is 0.103. The third-order valence-corrected chi connectivity index (χ3v) is 6.02. The first-order valence-electron chi connectivity index (χ1n) is 5.36. The van der Waals surface area contributed by atoms with Crippen LogP contribution in [0.2, 0.25) is 0 Å². The molecule has 110 valence electrons. The first kappa shape index (κ1) is 16.8. The van der Waals surface area contributed by atoms with E-state index in [2.05, 4.69) is 63.7 Å². The van der Waals surface area contributed by atoms with Crippen LogP contribution in [0.1, 0.15) is 15.9 Å². The molecule has 0 aliphatic rings. The van der Waals surface area contributed by atoms with Crippen molar-refractivity contribution in [1.82, 2.24) is 0 Å². The quantitative estimate of drug-likeness (QED) is 0.279. The minimum atomic E-state index is -0.402. The van der Waals surface area contributed by atoms with Gasteiger partial charge in [0.15, 0.2) is 17.3 Å². The second kappa shape index (κ2) is 6.28. The highest BCUT2D eigenvalue weighted by molar-refractivity contribution is 9.13. The van der Waals surface area contributed by atoms with Gasteiger partial charge in [-0.25, -0.2) is 0 Å². The fourth-order valence-corrected chi connectivity index (χ4v) is 3.67. The van der Waals surface area contributed by atoms with Crippen molar-refractivity contribution in [1.29, 1.82) is 0 Å². The average molecular weight is 546 g/mol. The zero-order valence-electron chi connectivity index (χ0n) is 9.99. The summed E-state index contributed by atoms with van der Waals surface area (Å²) in [6.07, 6.45) is 0. The average Bonchev–Trinajstić information content (AvgIpc) is 2.45. The summed E-state index contributed by atoms with van der Waals surface area (Å²) in [5.74, 6) is -1.16. The van der Waals surface area contributed by atoms with Crippen LogP contribution in [0.3, 0.4) is 0 Å². The Labute approximate surface area is 153 Å². The second-order valence-corrected chi connectivity index (χ2v) is 7.33. The van der Waals surface area contributed by atoms with Crippen molar-refractivity contribution in [3.05, 3.63) is 47.2 Å². The van der Waals surface area contributed by atoms with Crippen molar-refractivity contribution >= 4 is 69.5 Å². The van der Waals surface area contributed by atoms with E-state index in [0.717, 1.165) is 0 Å². The van der Waals surface area contributed by atoms with Gasteiger partial charge in [0.1, 0.15) is 5.75 Å². The van der Waals surface area contributed by atoms with Crippen LogP contribution in [0.5, 0.6) is 17.2 Å². The molecule has 0 fully saturated rings.